The molecule has 0 aromatic heterocycles. The van der Waals surface area contributed by atoms with Crippen molar-refractivity contribution in [3.05, 3.63) is 101 Å². The predicted octanol–water partition coefficient (Wildman–Crippen LogP) is 5.82. The number of benzene rings is 3. The molecule has 1 aliphatic rings. The van der Waals surface area contributed by atoms with Gasteiger partial charge in [0.1, 0.15) is 11.4 Å². The normalized spacial score (nSPS) is 22.5. The molecule has 1 heteroatoms. The first-order valence-electron chi connectivity index (χ1n) is 8.56. The van der Waals surface area contributed by atoms with Crippen LogP contribution in [0.25, 0.3) is 0 Å². The number of para-hydroxylation sites is 1. The molecule has 0 fully saturated rings. The van der Waals surface area contributed by atoms with Crippen LogP contribution >= 0.6 is 0 Å². The summed E-state index contributed by atoms with van der Waals surface area (Å²) in [6, 6.07) is 27.8. The second-order valence-corrected chi connectivity index (χ2v) is 6.85. The fourth-order valence-corrected chi connectivity index (χ4v) is 3.87. The Bertz CT molecular complexity index is 853. The number of aryl methyl sites for hydroxylation is 1. The summed E-state index contributed by atoms with van der Waals surface area (Å²) in [6.45, 7) is 4.41. The third-order valence-electron chi connectivity index (χ3n) is 5.17. The standard InChI is InChI=1S/C23H22O/c1-17-10-6-7-13-19(17)21-16-23(2,18-11-4-3-5-12-18)24-22-15-9-8-14-20(21)22/h3-15,21H,16H2,1-2H3. The first-order chi connectivity index (χ1) is 11.7. The maximum Gasteiger partial charge on any atom is 0.132 e. The van der Waals surface area contributed by atoms with Gasteiger partial charge < -0.3 is 4.74 Å². The van der Waals surface area contributed by atoms with Gasteiger partial charge in [0.25, 0.3) is 0 Å². The minimum absolute atomic E-state index is 0.317. The molecule has 0 aliphatic carbocycles. The summed E-state index contributed by atoms with van der Waals surface area (Å²) in [5, 5.41) is 0. The molecule has 0 N–H and O–H groups in total. The van der Waals surface area contributed by atoms with Crippen molar-refractivity contribution < 1.29 is 4.74 Å². The lowest BCUT2D eigenvalue weighted by molar-refractivity contribution is 0.0555. The minimum atomic E-state index is -0.317. The number of hydrogen-bond donors (Lipinski definition) is 0. The smallest absolute Gasteiger partial charge is 0.132 e. The molecule has 0 spiro atoms. The molecule has 0 radical (unpaired) electrons. The third-order valence-corrected chi connectivity index (χ3v) is 5.17. The number of hydrogen-bond acceptors (Lipinski definition) is 1. The van der Waals surface area contributed by atoms with Gasteiger partial charge in [0.2, 0.25) is 0 Å². The average molecular weight is 314 g/mol. The Morgan fingerprint density at radius 1 is 0.792 bits per heavy atom. The maximum atomic E-state index is 6.50. The fraction of sp³-hybridized carbons (Fsp3) is 0.217. The van der Waals surface area contributed by atoms with E-state index < -0.39 is 0 Å². The van der Waals surface area contributed by atoms with Crippen LogP contribution in [-0.4, -0.2) is 0 Å². The van der Waals surface area contributed by atoms with Crippen molar-refractivity contribution >= 4 is 0 Å². The molecule has 120 valence electrons. The molecule has 0 amide bonds. The van der Waals surface area contributed by atoms with Gasteiger partial charge in [0.15, 0.2) is 0 Å². The zero-order valence-electron chi connectivity index (χ0n) is 14.2. The Morgan fingerprint density at radius 3 is 2.17 bits per heavy atom. The minimum Gasteiger partial charge on any atom is -0.483 e. The lowest BCUT2D eigenvalue weighted by atomic mass is 9.76. The lowest BCUT2D eigenvalue weighted by Gasteiger charge is -2.41. The van der Waals surface area contributed by atoms with E-state index in [0.717, 1.165) is 12.2 Å². The third kappa shape index (κ3) is 2.50. The molecule has 0 bridgehead atoms. The monoisotopic (exact) mass is 314 g/mol. The van der Waals surface area contributed by atoms with Crippen molar-refractivity contribution in [3.63, 3.8) is 0 Å². The van der Waals surface area contributed by atoms with Gasteiger partial charge in [-0.05, 0) is 36.6 Å². The topological polar surface area (TPSA) is 9.23 Å². The van der Waals surface area contributed by atoms with E-state index in [1.54, 1.807) is 0 Å². The Hall–Kier alpha value is -2.54. The van der Waals surface area contributed by atoms with Gasteiger partial charge in [-0.2, -0.15) is 0 Å². The van der Waals surface area contributed by atoms with Crippen molar-refractivity contribution in [2.75, 3.05) is 0 Å². The van der Waals surface area contributed by atoms with Gasteiger partial charge in [-0.3, -0.25) is 0 Å². The van der Waals surface area contributed by atoms with Crippen LogP contribution in [0.5, 0.6) is 5.75 Å². The molecule has 1 nitrogen and oxygen atoms in total. The summed E-state index contributed by atoms with van der Waals surface area (Å²) < 4.78 is 6.50. The molecular formula is C23H22O. The van der Waals surface area contributed by atoms with E-state index in [1.165, 1.54) is 22.3 Å². The van der Waals surface area contributed by atoms with Crippen molar-refractivity contribution in [2.24, 2.45) is 0 Å². The quantitative estimate of drug-likeness (QED) is 0.578. The van der Waals surface area contributed by atoms with Crippen LogP contribution < -0.4 is 4.74 Å². The van der Waals surface area contributed by atoms with Crippen LogP contribution in [0, 0.1) is 6.92 Å². The van der Waals surface area contributed by atoms with Crippen LogP contribution in [0.4, 0.5) is 0 Å². The van der Waals surface area contributed by atoms with Crippen molar-refractivity contribution in [1.82, 2.24) is 0 Å². The predicted molar refractivity (Wildman–Crippen MR) is 98.5 cm³/mol. The highest BCUT2D eigenvalue weighted by Gasteiger charge is 2.39. The summed E-state index contributed by atoms with van der Waals surface area (Å²) in [6.07, 6.45) is 0.943. The van der Waals surface area contributed by atoms with Crippen molar-refractivity contribution in [1.29, 1.82) is 0 Å². The van der Waals surface area contributed by atoms with Gasteiger partial charge in [-0.1, -0.05) is 72.8 Å². The summed E-state index contributed by atoms with van der Waals surface area (Å²) in [4.78, 5) is 0. The van der Waals surface area contributed by atoms with Gasteiger partial charge >= 0.3 is 0 Å². The van der Waals surface area contributed by atoms with Gasteiger partial charge in [-0.25, -0.2) is 0 Å². The van der Waals surface area contributed by atoms with Crippen LogP contribution in [0.1, 0.15) is 41.5 Å². The van der Waals surface area contributed by atoms with Gasteiger partial charge in [0.05, 0.1) is 0 Å². The molecule has 3 aromatic rings. The zero-order valence-corrected chi connectivity index (χ0v) is 14.2. The van der Waals surface area contributed by atoms with E-state index in [0.29, 0.717) is 5.92 Å². The van der Waals surface area contributed by atoms with Gasteiger partial charge in [0, 0.05) is 17.9 Å². The van der Waals surface area contributed by atoms with E-state index in [1.807, 2.05) is 0 Å². The molecule has 1 aliphatic heterocycles. The molecule has 24 heavy (non-hydrogen) atoms. The summed E-state index contributed by atoms with van der Waals surface area (Å²) in [5.41, 5.74) is 4.95. The summed E-state index contributed by atoms with van der Waals surface area (Å²) in [7, 11) is 0. The highest BCUT2D eigenvalue weighted by molar-refractivity contribution is 5.47. The average Bonchev–Trinajstić information content (AvgIpc) is 2.62. The SMILES string of the molecule is Cc1ccccc1C1CC(C)(c2ccccc2)Oc2ccccc21. The lowest BCUT2D eigenvalue weighted by Crippen LogP contribution is -2.36. The molecule has 1 heterocycles. The summed E-state index contributed by atoms with van der Waals surface area (Å²) in [5.74, 6) is 1.35. The first kappa shape index (κ1) is 15.0. The van der Waals surface area contributed by atoms with Crippen LogP contribution in [0.2, 0.25) is 0 Å². The second-order valence-electron chi connectivity index (χ2n) is 6.85. The van der Waals surface area contributed by atoms with Gasteiger partial charge in [-0.15, -0.1) is 0 Å². The Morgan fingerprint density at radius 2 is 1.42 bits per heavy atom. The number of ether oxygens (including phenoxy) is 1. The molecule has 3 aromatic carbocycles. The first-order valence-corrected chi connectivity index (χ1v) is 8.56. The summed E-state index contributed by atoms with van der Waals surface area (Å²) >= 11 is 0. The molecule has 2 unspecified atom stereocenters. The largest absolute Gasteiger partial charge is 0.483 e. The van der Waals surface area contributed by atoms with Crippen LogP contribution in [-0.2, 0) is 5.60 Å². The molecule has 0 saturated carbocycles. The number of fused-ring (bicyclic) bond motifs is 1. The highest BCUT2D eigenvalue weighted by atomic mass is 16.5. The molecule has 2 atom stereocenters. The van der Waals surface area contributed by atoms with Crippen LogP contribution in [0.15, 0.2) is 78.9 Å². The fourth-order valence-electron chi connectivity index (χ4n) is 3.87. The second kappa shape index (κ2) is 5.83. The Labute approximate surface area is 143 Å². The highest BCUT2D eigenvalue weighted by Crippen LogP contribution is 2.48. The molecular weight excluding hydrogens is 292 g/mol. The van der Waals surface area contributed by atoms with E-state index in [2.05, 4.69) is 92.7 Å². The number of rotatable bonds is 2. The molecule has 4 rings (SSSR count). The maximum absolute atomic E-state index is 6.50. The zero-order chi connectivity index (χ0) is 16.6. The van der Waals surface area contributed by atoms with E-state index in [9.17, 15) is 0 Å². The van der Waals surface area contributed by atoms with E-state index in [4.69, 9.17) is 4.74 Å². The van der Waals surface area contributed by atoms with Crippen molar-refractivity contribution in [3.8, 4) is 5.75 Å². The van der Waals surface area contributed by atoms with Crippen LogP contribution in [0.3, 0.4) is 0 Å². The Balaban J connectivity index is 1.86. The van der Waals surface area contributed by atoms with E-state index in [-0.39, 0.29) is 5.60 Å². The molecule has 0 saturated heterocycles. The van der Waals surface area contributed by atoms with Crippen molar-refractivity contribution in [2.45, 2.75) is 31.8 Å². The van der Waals surface area contributed by atoms with E-state index >= 15 is 0 Å². The Kier molecular flexibility index (Phi) is 3.65.